The lowest BCUT2D eigenvalue weighted by Gasteiger charge is -2.15. The average Bonchev–Trinajstić information content (AvgIpc) is 2.93. The van der Waals surface area contributed by atoms with E-state index in [1.807, 2.05) is 12.3 Å². The van der Waals surface area contributed by atoms with Gasteiger partial charge in [0.05, 0.1) is 10.7 Å². The number of nitrogens with zero attached hydrogens (tertiary/aromatic N) is 1. The van der Waals surface area contributed by atoms with Gasteiger partial charge in [-0.05, 0) is 43.9 Å². The number of carboxylic acid groups (broad SMARTS) is 1. The van der Waals surface area contributed by atoms with Crippen LogP contribution in [0.5, 0.6) is 0 Å². The molecule has 128 valence electrons. The van der Waals surface area contributed by atoms with E-state index < -0.39 is 17.8 Å². The minimum atomic E-state index is -1.18. The number of aryl methyl sites for hydroxylation is 3. The molecule has 2 rings (SSSR count). The Balaban J connectivity index is 1.93. The highest BCUT2D eigenvalue weighted by atomic mass is 32.1. The Kier molecular flexibility index (Phi) is 6.03. The van der Waals surface area contributed by atoms with Crippen molar-refractivity contribution in [1.82, 2.24) is 10.3 Å². The Morgan fingerprint density at radius 2 is 2.12 bits per heavy atom. The smallest absolute Gasteiger partial charge is 0.330 e. The normalized spacial score (nSPS) is 12.0. The third-order valence-electron chi connectivity index (χ3n) is 3.57. The first kappa shape index (κ1) is 18.1. The number of aliphatic carboxylic acids is 1. The highest BCUT2D eigenvalue weighted by Crippen LogP contribution is 2.18. The van der Waals surface area contributed by atoms with Gasteiger partial charge in [-0.3, -0.25) is 4.79 Å². The molecular weight excluding hydrogens is 331 g/mol. The fourth-order valence-corrected chi connectivity index (χ4v) is 2.97. The van der Waals surface area contributed by atoms with E-state index >= 15 is 0 Å². The Bertz CT molecular complexity index is 745. The molecule has 0 saturated carbocycles. The van der Waals surface area contributed by atoms with Crippen LogP contribution in [0, 0.1) is 19.7 Å². The lowest BCUT2D eigenvalue weighted by Crippen LogP contribution is -2.33. The molecule has 1 aromatic carbocycles. The van der Waals surface area contributed by atoms with Gasteiger partial charge in [-0.2, -0.15) is 0 Å². The number of thiazole rings is 1. The zero-order valence-corrected chi connectivity index (χ0v) is 14.3. The van der Waals surface area contributed by atoms with E-state index in [1.165, 1.54) is 18.2 Å². The summed E-state index contributed by atoms with van der Waals surface area (Å²) in [5.74, 6) is -1.94. The highest BCUT2D eigenvalue weighted by Gasteiger charge is 2.22. The number of nitrogens with one attached hydrogen (secondary N) is 1. The molecule has 1 aromatic heterocycles. The van der Waals surface area contributed by atoms with Crippen LogP contribution in [0.2, 0.25) is 0 Å². The first-order chi connectivity index (χ1) is 11.4. The molecule has 2 N–H and O–H groups in total. The summed E-state index contributed by atoms with van der Waals surface area (Å²) in [5.41, 5.74) is 1.63. The second kappa shape index (κ2) is 8.01. The Labute approximate surface area is 143 Å². The molecule has 0 spiro atoms. The molecule has 1 amide bonds. The Morgan fingerprint density at radius 3 is 2.71 bits per heavy atom. The fraction of sp³-hybridized carbons (Fsp3) is 0.353. The summed E-state index contributed by atoms with van der Waals surface area (Å²) in [7, 11) is 0. The second-order valence-electron chi connectivity index (χ2n) is 5.56. The van der Waals surface area contributed by atoms with Gasteiger partial charge in [-0.25, -0.2) is 14.2 Å². The first-order valence-corrected chi connectivity index (χ1v) is 8.44. The van der Waals surface area contributed by atoms with Gasteiger partial charge in [0.2, 0.25) is 5.91 Å². The van der Waals surface area contributed by atoms with Gasteiger partial charge in [0.25, 0.3) is 0 Å². The molecule has 1 heterocycles. The molecule has 0 aliphatic heterocycles. The van der Waals surface area contributed by atoms with Gasteiger partial charge in [-0.1, -0.05) is 12.1 Å². The van der Waals surface area contributed by atoms with Crippen molar-refractivity contribution in [1.29, 1.82) is 0 Å². The lowest BCUT2D eigenvalue weighted by molar-refractivity contribution is -0.142. The van der Waals surface area contributed by atoms with Crippen molar-refractivity contribution in [3.8, 4) is 0 Å². The predicted molar refractivity (Wildman–Crippen MR) is 89.4 cm³/mol. The molecule has 0 aliphatic rings. The molecule has 7 heteroatoms. The Hall–Kier alpha value is -2.28. The van der Waals surface area contributed by atoms with E-state index in [2.05, 4.69) is 10.3 Å². The third-order valence-corrected chi connectivity index (χ3v) is 4.39. The van der Waals surface area contributed by atoms with Crippen molar-refractivity contribution in [3.63, 3.8) is 0 Å². The zero-order valence-electron chi connectivity index (χ0n) is 13.5. The average molecular weight is 350 g/mol. The summed E-state index contributed by atoms with van der Waals surface area (Å²) in [6.07, 6.45) is 1.47. The molecule has 5 nitrogen and oxygen atoms in total. The molecule has 1 unspecified atom stereocenters. The van der Waals surface area contributed by atoms with E-state index in [-0.39, 0.29) is 12.3 Å². The molecule has 24 heavy (non-hydrogen) atoms. The van der Waals surface area contributed by atoms with Crippen molar-refractivity contribution < 1.29 is 19.1 Å². The number of hydrogen-bond donors (Lipinski definition) is 2. The summed E-state index contributed by atoms with van der Waals surface area (Å²) in [6, 6.07) is 2.83. The highest BCUT2D eigenvalue weighted by molar-refractivity contribution is 7.09. The van der Waals surface area contributed by atoms with Crippen LogP contribution in [-0.2, 0) is 16.0 Å². The lowest BCUT2D eigenvalue weighted by atomic mass is 10.0. The fourth-order valence-electron chi connectivity index (χ4n) is 2.32. The van der Waals surface area contributed by atoms with E-state index in [9.17, 15) is 19.1 Å². The van der Waals surface area contributed by atoms with Gasteiger partial charge in [-0.15, -0.1) is 11.3 Å². The van der Waals surface area contributed by atoms with E-state index in [1.54, 1.807) is 18.3 Å². The van der Waals surface area contributed by atoms with Crippen LogP contribution in [0.3, 0.4) is 0 Å². The second-order valence-corrected chi connectivity index (χ2v) is 6.62. The summed E-state index contributed by atoms with van der Waals surface area (Å²) in [6.45, 7) is 3.47. The van der Waals surface area contributed by atoms with E-state index in [0.717, 1.165) is 10.7 Å². The molecule has 0 saturated heterocycles. The maximum atomic E-state index is 13.3. The number of carbonyl (C=O) groups excluding carboxylic acids is 1. The number of rotatable bonds is 7. The molecule has 0 bridgehead atoms. The number of amides is 1. The number of benzene rings is 1. The summed E-state index contributed by atoms with van der Waals surface area (Å²) in [5, 5.41) is 14.7. The van der Waals surface area contributed by atoms with Crippen LogP contribution in [0.25, 0.3) is 0 Å². The van der Waals surface area contributed by atoms with Crippen LogP contribution in [0.1, 0.15) is 40.7 Å². The predicted octanol–water partition coefficient (Wildman–Crippen LogP) is 3.16. The topological polar surface area (TPSA) is 79.3 Å². The Morgan fingerprint density at radius 1 is 1.38 bits per heavy atom. The quantitative estimate of drug-likeness (QED) is 0.804. The molecule has 2 aromatic rings. The minimum absolute atomic E-state index is 0.209. The SMILES string of the molecule is Cc1nc(CCCC(=O)NC(C(=O)O)c2ccc(F)c(C)c2)cs1. The molecule has 0 radical (unpaired) electrons. The monoisotopic (exact) mass is 350 g/mol. The van der Waals surface area contributed by atoms with Gasteiger partial charge in [0, 0.05) is 11.8 Å². The van der Waals surface area contributed by atoms with Gasteiger partial charge >= 0.3 is 5.97 Å². The van der Waals surface area contributed by atoms with Crippen LogP contribution in [0.4, 0.5) is 4.39 Å². The minimum Gasteiger partial charge on any atom is -0.479 e. The number of halogens is 1. The maximum absolute atomic E-state index is 13.3. The maximum Gasteiger partial charge on any atom is 0.330 e. The standard InChI is InChI=1S/C17H19FN2O3S/c1-10-8-12(6-7-14(10)18)16(17(22)23)20-15(21)5-3-4-13-9-24-11(2)19-13/h6-9,16H,3-5H2,1-2H3,(H,20,21)(H,22,23). The van der Waals surface area contributed by atoms with Crippen LogP contribution < -0.4 is 5.32 Å². The number of hydrogen-bond acceptors (Lipinski definition) is 4. The molecule has 0 aliphatic carbocycles. The van der Waals surface area contributed by atoms with Gasteiger partial charge < -0.3 is 10.4 Å². The third kappa shape index (κ3) is 4.86. The summed E-state index contributed by atoms with van der Waals surface area (Å²) in [4.78, 5) is 27.7. The van der Waals surface area contributed by atoms with Gasteiger partial charge in [0.1, 0.15) is 5.82 Å². The van der Waals surface area contributed by atoms with Gasteiger partial charge in [0.15, 0.2) is 6.04 Å². The van der Waals surface area contributed by atoms with E-state index in [4.69, 9.17) is 0 Å². The van der Waals surface area contributed by atoms with Crippen LogP contribution >= 0.6 is 11.3 Å². The molecular formula is C17H19FN2O3S. The number of aromatic nitrogens is 1. The van der Waals surface area contributed by atoms with Crippen LogP contribution in [-0.4, -0.2) is 22.0 Å². The number of carboxylic acids is 1. The van der Waals surface area contributed by atoms with E-state index in [0.29, 0.717) is 24.0 Å². The van der Waals surface area contributed by atoms with Crippen molar-refractivity contribution >= 4 is 23.2 Å². The number of carbonyl (C=O) groups is 2. The van der Waals surface area contributed by atoms with Crippen molar-refractivity contribution in [3.05, 3.63) is 51.2 Å². The van der Waals surface area contributed by atoms with Crippen molar-refractivity contribution in [2.75, 3.05) is 0 Å². The zero-order chi connectivity index (χ0) is 17.7. The van der Waals surface area contributed by atoms with Crippen molar-refractivity contribution in [2.24, 2.45) is 0 Å². The largest absolute Gasteiger partial charge is 0.479 e. The molecule has 0 fully saturated rings. The van der Waals surface area contributed by atoms with Crippen LogP contribution in [0.15, 0.2) is 23.6 Å². The van der Waals surface area contributed by atoms with Crippen molar-refractivity contribution in [2.45, 2.75) is 39.2 Å². The first-order valence-electron chi connectivity index (χ1n) is 7.56. The molecule has 1 atom stereocenters. The summed E-state index contributed by atoms with van der Waals surface area (Å²) < 4.78 is 13.3. The summed E-state index contributed by atoms with van der Waals surface area (Å²) >= 11 is 1.56.